The zero-order valence-electron chi connectivity index (χ0n) is 18.7. The van der Waals surface area contributed by atoms with Gasteiger partial charge >= 0.3 is 7.60 Å². The van der Waals surface area contributed by atoms with Crippen molar-refractivity contribution in [1.29, 1.82) is 0 Å². The minimum absolute atomic E-state index is 0.345. The number of nitrogens with zero attached hydrogens (tertiary/aromatic N) is 1. The lowest BCUT2D eigenvalue weighted by molar-refractivity contribution is 0.00901. The van der Waals surface area contributed by atoms with Crippen LogP contribution in [0.5, 0.6) is 11.5 Å². The Bertz CT molecular complexity index is 743. The molecule has 0 amide bonds. The molecule has 1 aliphatic rings. The van der Waals surface area contributed by atoms with Crippen LogP contribution in [-0.2, 0) is 18.3 Å². The average Bonchev–Trinajstić information content (AvgIpc) is 2.45. The smallest absolute Gasteiger partial charge is 0.364 e. The van der Waals surface area contributed by atoms with Crippen molar-refractivity contribution in [3.8, 4) is 11.5 Å². The standard InChI is InChI=1S/C20H34NO6P/c1-13-15-16(24-12-20(8,9)25-15)14(11-21-13)17(23-10)28(22,26-18(2,3)4)27-19(5,6)7/h11,17H,12H2,1-10H3. The molecule has 0 fully saturated rings. The molecule has 160 valence electrons. The fourth-order valence-corrected chi connectivity index (χ4v) is 5.42. The first-order valence-electron chi connectivity index (χ1n) is 9.42. The summed E-state index contributed by atoms with van der Waals surface area (Å²) in [4.78, 5) is 4.42. The van der Waals surface area contributed by atoms with Crippen molar-refractivity contribution >= 4 is 7.60 Å². The summed E-state index contributed by atoms with van der Waals surface area (Å²) in [5.41, 5.74) is -0.752. The zero-order valence-corrected chi connectivity index (χ0v) is 19.6. The predicted octanol–water partition coefficient (Wildman–Crippen LogP) is 5.41. The molecule has 0 aromatic carbocycles. The molecule has 0 saturated carbocycles. The van der Waals surface area contributed by atoms with Gasteiger partial charge in [0.1, 0.15) is 12.2 Å². The first-order valence-corrected chi connectivity index (χ1v) is 11.0. The van der Waals surface area contributed by atoms with E-state index in [9.17, 15) is 4.57 Å². The third kappa shape index (κ3) is 5.47. The summed E-state index contributed by atoms with van der Waals surface area (Å²) in [5.74, 6) is -0.0274. The number of fused-ring (bicyclic) bond motifs is 1. The van der Waals surface area contributed by atoms with Crippen molar-refractivity contribution in [1.82, 2.24) is 4.98 Å². The van der Waals surface area contributed by atoms with E-state index in [0.29, 0.717) is 29.4 Å². The highest BCUT2D eigenvalue weighted by atomic mass is 31.2. The molecule has 0 spiro atoms. The summed E-state index contributed by atoms with van der Waals surface area (Å²) >= 11 is 0. The molecule has 1 aromatic rings. The van der Waals surface area contributed by atoms with Crippen LogP contribution in [0.4, 0.5) is 0 Å². The van der Waals surface area contributed by atoms with E-state index in [2.05, 4.69) is 4.98 Å². The van der Waals surface area contributed by atoms with Crippen LogP contribution in [0.2, 0.25) is 0 Å². The van der Waals surface area contributed by atoms with Gasteiger partial charge in [-0.3, -0.25) is 9.55 Å². The number of aryl methyl sites for hydroxylation is 1. The molecule has 2 heterocycles. The van der Waals surface area contributed by atoms with Crippen molar-refractivity contribution in [2.45, 2.75) is 85.0 Å². The van der Waals surface area contributed by atoms with Gasteiger partial charge in [-0.05, 0) is 62.3 Å². The molecular weight excluding hydrogens is 381 g/mol. The van der Waals surface area contributed by atoms with E-state index in [1.165, 1.54) is 7.11 Å². The molecule has 1 aromatic heterocycles. The predicted molar refractivity (Wildman–Crippen MR) is 108 cm³/mol. The number of aromatic nitrogens is 1. The number of hydrogen-bond donors (Lipinski definition) is 0. The van der Waals surface area contributed by atoms with Crippen molar-refractivity contribution in [3.63, 3.8) is 0 Å². The highest BCUT2D eigenvalue weighted by Gasteiger charge is 2.47. The van der Waals surface area contributed by atoms with Gasteiger partial charge in [-0.25, -0.2) is 0 Å². The summed E-state index contributed by atoms with van der Waals surface area (Å²) < 4.78 is 43.7. The Hall–Kier alpha value is -1.14. The van der Waals surface area contributed by atoms with E-state index in [4.69, 9.17) is 23.3 Å². The molecular formula is C20H34NO6P. The molecule has 28 heavy (non-hydrogen) atoms. The normalized spacial score (nSPS) is 18.1. The second-order valence-electron chi connectivity index (χ2n) is 9.64. The fourth-order valence-electron chi connectivity index (χ4n) is 2.88. The van der Waals surface area contributed by atoms with E-state index in [-0.39, 0.29) is 0 Å². The lowest BCUT2D eigenvalue weighted by Gasteiger charge is -2.38. The molecule has 0 aliphatic carbocycles. The van der Waals surface area contributed by atoms with Crippen LogP contribution in [0.1, 0.15) is 72.5 Å². The van der Waals surface area contributed by atoms with Gasteiger partial charge in [0.2, 0.25) is 0 Å². The summed E-state index contributed by atoms with van der Waals surface area (Å²) in [7, 11) is -2.32. The van der Waals surface area contributed by atoms with Crippen LogP contribution in [0.25, 0.3) is 0 Å². The maximum atomic E-state index is 14.0. The molecule has 1 unspecified atom stereocenters. The highest BCUT2D eigenvalue weighted by molar-refractivity contribution is 7.54. The van der Waals surface area contributed by atoms with Gasteiger partial charge in [0.15, 0.2) is 17.3 Å². The summed E-state index contributed by atoms with van der Waals surface area (Å²) in [6.45, 7) is 17.0. The molecule has 0 bridgehead atoms. The Labute approximate surface area is 168 Å². The van der Waals surface area contributed by atoms with Crippen LogP contribution in [0.3, 0.4) is 0 Å². The molecule has 8 heteroatoms. The summed E-state index contributed by atoms with van der Waals surface area (Å²) in [6, 6.07) is 0. The minimum atomic E-state index is -3.79. The highest BCUT2D eigenvalue weighted by Crippen LogP contribution is 2.66. The quantitative estimate of drug-likeness (QED) is 0.595. The number of ether oxygens (including phenoxy) is 3. The SMILES string of the molecule is COC(c1cnc(C)c2c1OCC(C)(C)O2)P(=O)(OC(C)(C)C)OC(C)(C)C. The third-order valence-corrected chi connectivity index (χ3v) is 6.38. The Kier molecular flexibility index (Phi) is 6.28. The van der Waals surface area contributed by atoms with Gasteiger partial charge in [0, 0.05) is 13.3 Å². The minimum Gasteiger partial charge on any atom is -0.485 e. The summed E-state index contributed by atoms with van der Waals surface area (Å²) in [6.07, 6.45) is 1.59. The van der Waals surface area contributed by atoms with E-state index >= 15 is 0 Å². The lowest BCUT2D eigenvalue weighted by Crippen LogP contribution is -2.39. The Morgan fingerprint density at radius 1 is 1.11 bits per heavy atom. The number of rotatable bonds is 5. The Morgan fingerprint density at radius 3 is 2.11 bits per heavy atom. The Morgan fingerprint density at radius 2 is 1.64 bits per heavy atom. The second-order valence-corrected chi connectivity index (χ2v) is 11.6. The van der Waals surface area contributed by atoms with Crippen LogP contribution >= 0.6 is 7.60 Å². The van der Waals surface area contributed by atoms with Crippen LogP contribution in [0, 0.1) is 6.92 Å². The number of hydrogen-bond acceptors (Lipinski definition) is 7. The molecule has 2 rings (SSSR count). The molecule has 1 aliphatic heterocycles. The van der Waals surface area contributed by atoms with Gasteiger partial charge in [0.05, 0.1) is 22.5 Å². The van der Waals surface area contributed by atoms with Gasteiger partial charge in [-0.1, -0.05) is 0 Å². The van der Waals surface area contributed by atoms with Gasteiger partial charge < -0.3 is 23.3 Å². The van der Waals surface area contributed by atoms with E-state index < -0.39 is 30.2 Å². The van der Waals surface area contributed by atoms with Crippen LogP contribution in [0.15, 0.2) is 6.20 Å². The van der Waals surface area contributed by atoms with Gasteiger partial charge in [0.25, 0.3) is 0 Å². The largest absolute Gasteiger partial charge is 0.485 e. The van der Waals surface area contributed by atoms with Crippen LogP contribution in [-0.4, -0.2) is 35.5 Å². The third-order valence-electron chi connectivity index (χ3n) is 3.72. The first-order chi connectivity index (χ1) is 12.6. The summed E-state index contributed by atoms with van der Waals surface area (Å²) in [5, 5.41) is 0. The molecule has 0 radical (unpaired) electrons. The molecule has 0 N–H and O–H groups in total. The fraction of sp³-hybridized carbons (Fsp3) is 0.750. The van der Waals surface area contributed by atoms with E-state index in [1.807, 2.05) is 62.3 Å². The maximum absolute atomic E-state index is 14.0. The first kappa shape index (κ1) is 23.1. The number of pyridine rings is 1. The molecule has 1 atom stereocenters. The van der Waals surface area contributed by atoms with Crippen LogP contribution < -0.4 is 9.47 Å². The monoisotopic (exact) mass is 415 g/mol. The van der Waals surface area contributed by atoms with Gasteiger partial charge in [-0.2, -0.15) is 0 Å². The lowest BCUT2D eigenvalue weighted by atomic mass is 10.1. The molecule has 0 saturated heterocycles. The van der Waals surface area contributed by atoms with Crippen molar-refractivity contribution in [2.75, 3.05) is 13.7 Å². The topological polar surface area (TPSA) is 76.1 Å². The van der Waals surface area contributed by atoms with E-state index in [1.54, 1.807) is 6.20 Å². The molecule has 7 nitrogen and oxygen atoms in total. The number of methoxy groups -OCH3 is 1. The second kappa shape index (κ2) is 7.60. The van der Waals surface area contributed by atoms with Crippen molar-refractivity contribution in [2.24, 2.45) is 0 Å². The van der Waals surface area contributed by atoms with E-state index in [0.717, 1.165) is 0 Å². The zero-order chi connectivity index (χ0) is 21.5. The average molecular weight is 415 g/mol. The maximum Gasteiger partial charge on any atom is 0.364 e. The van der Waals surface area contributed by atoms with Gasteiger partial charge in [-0.15, -0.1) is 0 Å². The Balaban J connectivity index is 2.60. The van der Waals surface area contributed by atoms with Crippen molar-refractivity contribution in [3.05, 3.63) is 17.5 Å². The van der Waals surface area contributed by atoms with Crippen molar-refractivity contribution < 1.29 is 27.8 Å².